The van der Waals surface area contributed by atoms with Crippen molar-refractivity contribution < 1.29 is 14.1 Å². The number of nitrogens with one attached hydrogen (secondary N) is 1. The van der Waals surface area contributed by atoms with E-state index in [4.69, 9.17) is 20.9 Å². The van der Waals surface area contributed by atoms with E-state index in [1.807, 2.05) is 65.6 Å². The van der Waals surface area contributed by atoms with Crippen molar-refractivity contribution in [1.82, 2.24) is 15.0 Å². The normalized spacial score (nSPS) is 19.7. The number of fused-ring (bicyclic) bond motifs is 2. The first-order chi connectivity index (χ1) is 17.1. The van der Waals surface area contributed by atoms with Crippen LogP contribution in [0.4, 0.5) is 10.6 Å². The van der Waals surface area contributed by atoms with Gasteiger partial charge >= 0.3 is 6.03 Å². The molecule has 7 nitrogen and oxygen atoms in total. The number of urea groups is 1. The van der Waals surface area contributed by atoms with Gasteiger partial charge in [-0.15, -0.1) is 0 Å². The molecule has 2 fully saturated rings. The Morgan fingerprint density at radius 3 is 2.80 bits per heavy atom. The summed E-state index contributed by atoms with van der Waals surface area (Å²) in [6.45, 7) is 3.40. The molecule has 4 aromatic rings. The number of likely N-dealkylation sites (tertiary alicyclic amines) is 2. The Bertz CT molecular complexity index is 1360. The van der Waals surface area contributed by atoms with Crippen molar-refractivity contribution in [3.63, 3.8) is 0 Å². The summed E-state index contributed by atoms with van der Waals surface area (Å²) >= 11 is 5.97. The van der Waals surface area contributed by atoms with Crippen molar-refractivity contribution in [1.29, 1.82) is 0 Å². The van der Waals surface area contributed by atoms with Crippen molar-refractivity contribution >= 4 is 34.4 Å². The number of anilines is 1. The molecule has 2 atom stereocenters. The second-order valence-electron chi connectivity index (χ2n) is 9.16. The molecule has 2 aliphatic heterocycles. The number of benzene rings is 3. The molecule has 0 bridgehead atoms. The Hall–Kier alpha value is -3.55. The summed E-state index contributed by atoms with van der Waals surface area (Å²) in [5, 5.41) is 8.49. The number of carbonyl (C=O) groups excluding carboxylic acids is 1. The molecule has 0 saturated carbocycles. The maximum Gasteiger partial charge on any atom is 0.323 e. The summed E-state index contributed by atoms with van der Waals surface area (Å²) in [4.78, 5) is 17.5. The van der Waals surface area contributed by atoms with Crippen LogP contribution in [0.3, 0.4) is 0 Å². The Balaban J connectivity index is 1.09. The Morgan fingerprint density at radius 2 is 1.91 bits per heavy atom. The number of rotatable bonds is 5. The van der Waals surface area contributed by atoms with Crippen molar-refractivity contribution in [3.8, 4) is 11.5 Å². The van der Waals surface area contributed by atoms with Gasteiger partial charge in [0.15, 0.2) is 11.4 Å². The number of ether oxygens (including phenoxy) is 1. The second-order valence-corrected chi connectivity index (χ2v) is 9.60. The van der Waals surface area contributed by atoms with Crippen LogP contribution in [-0.4, -0.2) is 46.7 Å². The predicted octanol–water partition coefficient (Wildman–Crippen LogP) is 6.01. The number of amides is 2. The minimum Gasteiger partial charge on any atom is -0.457 e. The topological polar surface area (TPSA) is 70.8 Å². The quantitative estimate of drug-likeness (QED) is 0.372. The molecule has 1 aromatic heterocycles. The van der Waals surface area contributed by atoms with Crippen molar-refractivity contribution in [2.45, 2.75) is 19.0 Å². The number of para-hydroxylation sites is 1. The van der Waals surface area contributed by atoms with Gasteiger partial charge in [0.2, 0.25) is 0 Å². The zero-order chi connectivity index (χ0) is 23.8. The lowest BCUT2D eigenvalue weighted by Crippen LogP contribution is -2.42. The second kappa shape index (κ2) is 9.24. The van der Waals surface area contributed by atoms with Crippen LogP contribution in [-0.2, 0) is 6.54 Å². The van der Waals surface area contributed by atoms with Crippen LogP contribution in [0.2, 0.25) is 5.02 Å². The molecule has 35 heavy (non-hydrogen) atoms. The van der Waals surface area contributed by atoms with Gasteiger partial charge in [-0.3, -0.25) is 10.2 Å². The summed E-state index contributed by atoms with van der Waals surface area (Å²) in [7, 11) is 0. The third kappa shape index (κ3) is 4.57. The van der Waals surface area contributed by atoms with Gasteiger partial charge in [-0.05, 0) is 66.4 Å². The molecule has 6 rings (SSSR count). The average Bonchev–Trinajstić information content (AvgIpc) is 3.55. The lowest BCUT2D eigenvalue weighted by molar-refractivity contribution is 0.199. The van der Waals surface area contributed by atoms with Gasteiger partial charge in [-0.2, -0.15) is 0 Å². The monoisotopic (exact) mass is 488 g/mol. The molecule has 3 aromatic carbocycles. The minimum absolute atomic E-state index is 0.114. The SMILES string of the molecule is O=C(Nc1noc2ccccc12)N1CC[C@@H]2CN(Cc3cccc(Oc4ccc(Cl)cc4)c3)C[C@@H]21. The lowest BCUT2D eigenvalue weighted by Gasteiger charge is -2.25. The molecular formula is C27H25ClN4O3. The summed E-state index contributed by atoms with van der Waals surface area (Å²) in [6.07, 6.45) is 1.01. The highest BCUT2D eigenvalue weighted by Gasteiger charge is 2.43. The van der Waals surface area contributed by atoms with Crippen molar-refractivity contribution in [2.75, 3.05) is 25.0 Å². The Morgan fingerprint density at radius 1 is 1.06 bits per heavy atom. The third-order valence-electron chi connectivity index (χ3n) is 6.84. The van der Waals surface area contributed by atoms with E-state index in [2.05, 4.69) is 27.5 Å². The molecule has 2 aliphatic rings. The highest BCUT2D eigenvalue weighted by Crippen LogP contribution is 2.34. The summed E-state index contributed by atoms with van der Waals surface area (Å²) < 4.78 is 11.3. The number of nitrogens with zero attached hydrogens (tertiary/aromatic N) is 3. The van der Waals surface area contributed by atoms with Crippen LogP contribution >= 0.6 is 11.6 Å². The van der Waals surface area contributed by atoms with Crippen LogP contribution in [0.5, 0.6) is 11.5 Å². The lowest BCUT2D eigenvalue weighted by atomic mass is 10.1. The van der Waals surface area contributed by atoms with E-state index in [0.717, 1.165) is 49.5 Å². The van der Waals surface area contributed by atoms with E-state index in [-0.39, 0.29) is 12.1 Å². The number of carbonyl (C=O) groups is 1. The van der Waals surface area contributed by atoms with Gasteiger partial charge in [0.1, 0.15) is 11.5 Å². The molecule has 0 aliphatic carbocycles. The molecule has 8 heteroatoms. The fraction of sp³-hybridized carbons (Fsp3) is 0.259. The van der Waals surface area contributed by atoms with Crippen molar-refractivity contribution in [3.05, 3.63) is 83.4 Å². The van der Waals surface area contributed by atoms with Crippen LogP contribution in [0.15, 0.2) is 77.3 Å². The van der Waals surface area contributed by atoms with E-state index in [1.165, 1.54) is 5.56 Å². The number of hydrogen-bond acceptors (Lipinski definition) is 5. The van der Waals surface area contributed by atoms with Crippen LogP contribution in [0, 0.1) is 5.92 Å². The maximum atomic E-state index is 13.1. The first-order valence-electron chi connectivity index (χ1n) is 11.8. The van der Waals surface area contributed by atoms with E-state index in [0.29, 0.717) is 22.3 Å². The largest absolute Gasteiger partial charge is 0.457 e. The average molecular weight is 489 g/mol. The van der Waals surface area contributed by atoms with Gasteiger partial charge in [0.25, 0.3) is 0 Å². The van der Waals surface area contributed by atoms with Gasteiger partial charge in [-0.25, -0.2) is 4.79 Å². The highest BCUT2D eigenvalue weighted by molar-refractivity contribution is 6.30. The molecule has 0 radical (unpaired) electrons. The molecule has 178 valence electrons. The van der Waals surface area contributed by atoms with Gasteiger partial charge in [-0.1, -0.05) is 41.0 Å². The molecule has 0 spiro atoms. The fourth-order valence-corrected chi connectivity index (χ4v) is 5.31. The predicted molar refractivity (Wildman–Crippen MR) is 135 cm³/mol. The number of hydrogen-bond donors (Lipinski definition) is 1. The molecule has 1 N–H and O–H groups in total. The van der Waals surface area contributed by atoms with E-state index < -0.39 is 0 Å². The Labute approximate surface area is 208 Å². The molecule has 3 heterocycles. The van der Waals surface area contributed by atoms with Gasteiger partial charge in [0.05, 0.1) is 11.4 Å². The summed E-state index contributed by atoms with van der Waals surface area (Å²) in [6, 6.07) is 23.1. The zero-order valence-electron chi connectivity index (χ0n) is 19.1. The summed E-state index contributed by atoms with van der Waals surface area (Å²) in [5.74, 6) is 2.50. The number of halogens is 1. The van der Waals surface area contributed by atoms with Crippen LogP contribution < -0.4 is 10.1 Å². The molecular weight excluding hydrogens is 464 g/mol. The van der Waals surface area contributed by atoms with Crippen LogP contribution in [0.1, 0.15) is 12.0 Å². The highest BCUT2D eigenvalue weighted by atomic mass is 35.5. The molecule has 0 unspecified atom stereocenters. The molecule has 2 amide bonds. The van der Waals surface area contributed by atoms with E-state index in [9.17, 15) is 4.79 Å². The summed E-state index contributed by atoms with van der Waals surface area (Å²) in [5.41, 5.74) is 1.85. The maximum absolute atomic E-state index is 13.1. The molecule has 2 saturated heterocycles. The van der Waals surface area contributed by atoms with Crippen molar-refractivity contribution in [2.24, 2.45) is 5.92 Å². The van der Waals surface area contributed by atoms with Gasteiger partial charge < -0.3 is 14.2 Å². The zero-order valence-corrected chi connectivity index (χ0v) is 19.8. The minimum atomic E-state index is -0.114. The third-order valence-corrected chi connectivity index (χ3v) is 7.09. The first kappa shape index (κ1) is 21.9. The standard InChI is InChI=1S/C27H25ClN4O3/c28-20-8-10-21(11-9-20)34-22-5-3-4-18(14-22)15-31-16-19-12-13-32(24(19)17-31)27(33)29-26-23-6-1-2-7-25(23)35-30-26/h1-11,14,19,24H,12-13,15-17H2,(H,29,30,33)/t19-,24+/m1/s1. The number of aromatic nitrogens is 1. The smallest absolute Gasteiger partial charge is 0.323 e. The fourth-order valence-electron chi connectivity index (χ4n) is 5.18. The van der Waals surface area contributed by atoms with Crippen LogP contribution in [0.25, 0.3) is 11.0 Å². The van der Waals surface area contributed by atoms with Gasteiger partial charge in [0, 0.05) is 31.2 Å². The first-order valence-corrected chi connectivity index (χ1v) is 12.2. The van der Waals surface area contributed by atoms with E-state index in [1.54, 1.807) is 0 Å². The van der Waals surface area contributed by atoms with E-state index >= 15 is 0 Å². The Kier molecular flexibility index (Phi) is 5.80.